The molecule has 1 aliphatic rings. The lowest BCUT2D eigenvalue weighted by Gasteiger charge is -2.48. The Morgan fingerprint density at radius 3 is 2.47 bits per heavy atom. The number of hydrogen-bond donors (Lipinski definition) is 3. The first kappa shape index (κ1) is 33.1. The lowest BCUT2D eigenvalue weighted by Crippen LogP contribution is -2.62. The smallest absolute Gasteiger partial charge is 0.227 e. The highest BCUT2D eigenvalue weighted by Gasteiger charge is 2.36. The molecule has 0 aliphatic carbocycles. The van der Waals surface area contributed by atoms with Crippen molar-refractivity contribution in [3.63, 3.8) is 0 Å². The topological polar surface area (TPSA) is 114 Å². The third-order valence-electron chi connectivity index (χ3n) is 8.25. The predicted molar refractivity (Wildman–Crippen MR) is 181 cm³/mol. The maximum atomic E-state index is 13.9. The lowest BCUT2D eigenvalue weighted by atomic mass is 9.93. The average molecular weight is 626 g/mol. The van der Waals surface area contributed by atoms with E-state index in [1.807, 2.05) is 24.3 Å². The molecule has 3 aromatic carbocycles. The fraction of sp³-hybridized carbons (Fsp3) is 0.471. The van der Waals surface area contributed by atoms with Gasteiger partial charge < -0.3 is 22.1 Å². The number of carbonyl (C=O) groups is 1. The van der Waals surface area contributed by atoms with Gasteiger partial charge in [0.1, 0.15) is 0 Å². The van der Waals surface area contributed by atoms with E-state index in [9.17, 15) is 4.79 Å². The van der Waals surface area contributed by atoms with Crippen LogP contribution < -0.4 is 17.2 Å². The Hall–Kier alpha value is -2.84. The number of piperazine rings is 1. The highest BCUT2D eigenvalue weighted by Crippen LogP contribution is 2.27. The van der Waals surface area contributed by atoms with Gasteiger partial charge in [-0.05, 0) is 72.1 Å². The number of nitrogens with zero attached hydrogens (tertiary/aromatic N) is 3. The van der Waals surface area contributed by atoms with Crippen LogP contribution in [0.3, 0.4) is 0 Å². The summed E-state index contributed by atoms with van der Waals surface area (Å²) < 4.78 is 0. The van der Waals surface area contributed by atoms with Gasteiger partial charge in [0.05, 0.1) is 6.42 Å². The van der Waals surface area contributed by atoms with Crippen LogP contribution in [0.15, 0.2) is 65.7 Å². The molecule has 1 fully saturated rings. The third-order valence-corrected chi connectivity index (χ3v) is 8.84. The zero-order chi connectivity index (χ0) is 30.9. The molecule has 1 aliphatic heterocycles. The number of nitrogens with two attached hydrogens (primary N) is 3. The van der Waals surface area contributed by atoms with Crippen molar-refractivity contribution in [1.29, 1.82) is 0 Å². The number of fused-ring (bicyclic) bond motifs is 1. The molecule has 0 unspecified atom stereocenters. The van der Waals surface area contributed by atoms with Crippen molar-refractivity contribution in [2.24, 2.45) is 28.1 Å². The largest absolute Gasteiger partial charge is 0.370 e. The number of rotatable bonds is 13. The van der Waals surface area contributed by atoms with Gasteiger partial charge in [0.15, 0.2) is 5.96 Å². The predicted octanol–water partition coefficient (Wildman–Crippen LogP) is 5.63. The number of hydrogen-bond acceptors (Lipinski definition) is 4. The molecule has 3 aromatic rings. The van der Waals surface area contributed by atoms with Crippen molar-refractivity contribution in [1.82, 2.24) is 9.80 Å². The maximum absolute atomic E-state index is 13.9. The Kier molecular flexibility index (Phi) is 12.1. The summed E-state index contributed by atoms with van der Waals surface area (Å²) in [6, 6.07) is 20.4. The van der Waals surface area contributed by atoms with Gasteiger partial charge in [-0.2, -0.15) is 0 Å². The van der Waals surface area contributed by atoms with Crippen LogP contribution in [0.2, 0.25) is 10.0 Å². The highest BCUT2D eigenvalue weighted by atomic mass is 35.5. The number of aliphatic imine (C=N–C) groups is 1. The second kappa shape index (κ2) is 15.8. The molecule has 0 saturated carbocycles. The maximum Gasteiger partial charge on any atom is 0.227 e. The Labute approximate surface area is 266 Å². The number of amides is 1. The third kappa shape index (κ3) is 9.83. The molecular weight excluding hydrogens is 579 g/mol. The van der Waals surface area contributed by atoms with E-state index >= 15 is 0 Å². The van der Waals surface area contributed by atoms with E-state index in [0.29, 0.717) is 41.9 Å². The molecule has 4 rings (SSSR count). The molecule has 7 nitrogen and oxygen atoms in total. The van der Waals surface area contributed by atoms with E-state index in [2.05, 4.69) is 59.0 Å². The molecule has 0 spiro atoms. The van der Waals surface area contributed by atoms with Crippen molar-refractivity contribution in [3.05, 3.63) is 81.8 Å². The lowest BCUT2D eigenvalue weighted by molar-refractivity contribution is -0.138. The zero-order valence-corrected chi connectivity index (χ0v) is 26.9. The number of unbranched alkanes of at least 4 members (excludes halogenated alkanes) is 1. The Morgan fingerprint density at radius 1 is 0.977 bits per heavy atom. The normalized spacial score (nSPS) is 18.2. The fourth-order valence-electron chi connectivity index (χ4n) is 6.22. The molecule has 0 bridgehead atoms. The van der Waals surface area contributed by atoms with E-state index in [4.69, 9.17) is 40.4 Å². The summed E-state index contributed by atoms with van der Waals surface area (Å²) in [5, 5.41) is 3.59. The van der Waals surface area contributed by atoms with E-state index in [1.165, 1.54) is 5.39 Å². The molecule has 1 amide bonds. The molecule has 9 heteroatoms. The molecule has 43 heavy (non-hydrogen) atoms. The standard InChI is InChI=1S/C34H46Cl2N6O/c1-23(2)15-31-21-41(20-29(37)18-27-12-13-28(35)19-32(27)36)30(9-5-6-14-40-34(38)39)22-42(31)33(43)17-24-10-11-25-7-3-4-8-26(25)16-24/h3-4,7-8,10-13,16,19,23,29-31H,5-6,9,14-15,17-18,20-22,37H2,1-2H3,(H4,38,39,40)/t29-,30-,31+/m0/s1. The van der Waals surface area contributed by atoms with Crippen molar-refractivity contribution in [2.75, 3.05) is 26.2 Å². The summed E-state index contributed by atoms with van der Waals surface area (Å²) in [6.07, 6.45) is 4.76. The van der Waals surface area contributed by atoms with Gasteiger partial charge in [-0.25, -0.2) is 0 Å². The van der Waals surface area contributed by atoms with E-state index in [1.54, 1.807) is 6.07 Å². The highest BCUT2D eigenvalue weighted by molar-refractivity contribution is 6.35. The van der Waals surface area contributed by atoms with Crippen molar-refractivity contribution >= 4 is 45.8 Å². The van der Waals surface area contributed by atoms with Crippen LogP contribution in [0, 0.1) is 5.92 Å². The van der Waals surface area contributed by atoms with Crippen molar-refractivity contribution in [3.8, 4) is 0 Å². The van der Waals surface area contributed by atoms with Crippen LogP contribution in [-0.2, 0) is 17.6 Å². The first-order valence-corrected chi connectivity index (χ1v) is 16.1. The summed E-state index contributed by atoms with van der Waals surface area (Å²) in [6.45, 7) is 7.24. The quantitative estimate of drug-likeness (QED) is 0.129. The van der Waals surface area contributed by atoms with Gasteiger partial charge in [0, 0.05) is 54.3 Å². The van der Waals surface area contributed by atoms with Crippen molar-refractivity contribution < 1.29 is 4.79 Å². The number of guanidine groups is 1. The van der Waals surface area contributed by atoms with Crippen LogP contribution in [0.4, 0.5) is 0 Å². The summed E-state index contributed by atoms with van der Waals surface area (Å²) >= 11 is 12.6. The van der Waals surface area contributed by atoms with Crippen LogP contribution in [0.5, 0.6) is 0 Å². The van der Waals surface area contributed by atoms with E-state index in [-0.39, 0.29) is 30.0 Å². The first-order valence-electron chi connectivity index (χ1n) is 15.3. The minimum Gasteiger partial charge on any atom is -0.370 e. The molecule has 1 heterocycles. The Bertz CT molecular complexity index is 1390. The summed E-state index contributed by atoms with van der Waals surface area (Å²) in [7, 11) is 0. The number of carbonyl (C=O) groups excluding carboxylic acids is 1. The molecular formula is C34H46Cl2N6O. The molecule has 0 radical (unpaired) electrons. The fourth-order valence-corrected chi connectivity index (χ4v) is 6.70. The first-order chi connectivity index (χ1) is 20.6. The van der Waals surface area contributed by atoms with E-state index < -0.39 is 0 Å². The number of halogens is 2. The zero-order valence-electron chi connectivity index (χ0n) is 25.4. The molecule has 1 saturated heterocycles. The van der Waals surface area contributed by atoms with Crippen LogP contribution in [0.1, 0.15) is 50.7 Å². The van der Waals surface area contributed by atoms with Gasteiger partial charge in [-0.15, -0.1) is 0 Å². The average Bonchev–Trinajstić information content (AvgIpc) is 2.94. The Balaban J connectivity index is 1.51. The van der Waals surface area contributed by atoms with Gasteiger partial charge >= 0.3 is 0 Å². The minimum absolute atomic E-state index is 0.109. The van der Waals surface area contributed by atoms with Crippen LogP contribution in [0.25, 0.3) is 10.8 Å². The molecule has 232 valence electrons. The van der Waals surface area contributed by atoms with Gasteiger partial charge in [0.25, 0.3) is 0 Å². The monoisotopic (exact) mass is 624 g/mol. The summed E-state index contributed by atoms with van der Waals surface area (Å²) in [5.41, 5.74) is 19.8. The Morgan fingerprint density at radius 2 is 1.74 bits per heavy atom. The van der Waals surface area contributed by atoms with Crippen molar-refractivity contribution in [2.45, 2.75) is 70.5 Å². The van der Waals surface area contributed by atoms with Gasteiger partial charge in [-0.3, -0.25) is 14.7 Å². The SMILES string of the molecule is CC(C)C[C@@H]1CN(C[C@@H](N)Cc2ccc(Cl)cc2Cl)[C@@H](CCCCN=C(N)N)CN1C(=O)Cc1ccc2ccccc2c1. The second-order valence-electron chi connectivity index (χ2n) is 12.3. The van der Waals surface area contributed by atoms with E-state index in [0.717, 1.165) is 55.3 Å². The second-order valence-corrected chi connectivity index (χ2v) is 13.1. The molecule has 3 atom stereocenters. The number of benzene rings is 3. The molecule has 6 N–H and O–H groups in total. The summed E-state index contributed by atoms with van der Waals surface area (Å²) in [5.74, 6) is 0.761. The minimum atomic E-state index is -0.109. The van der Waals surface area contributed by atoms with Gasteiger partial charge in [-0.1, -0.05) is 85.6 Å². The molecule has 0 aromatic heterocycles. The van der Waals surface area contributed by atoms with Crippen LogP contribution >= 0.6 is 23.2 Å². The summed E-state index contributed by atoms with van der Waals surface area (Å²) in [4.78, 5) is 22.7. The van der Waals surface area contributed by atoms with Gasteiger partial charge in [0.2, 0.25) is 5.91 Å². The van der Waals surface area contributed by atoms with Crippen LogP contribution in [-0.4, -0.2) is 66.0 Å².